The van der Waals surface area contributed by atoms with Crippen molar-refractivity contribution in [1.82, 2.24) is 24.0 Å². The molecule has 0 saturated carbocycles. The number of nitrogens with zero attached hydrogens (tertiary/aromatic N) is 4. The third-order valence-corrected chi connectivity index (χ3v) is 3.22. The number of rotatable bonds is 0. The van der Waals surface area contributed by atoms with E-state index in [9.17, 15) is 14.4 Å². The molecule has 3 heterocycles. The molecule has 20 heavy (non-hydrogen) atoms. The van der Waals surface area contributed by atoms with Gasteiger partial charge in [0.05, 0.1) is 6.33 Å². The van der Waals surface area contributed by atoms with E-state index in [-0.39, 0.29) is 17.2 Å². The zero-order chi connectivity index (χ0) is 14.9. The Morgan fingerprint density at radius 1 is 1.15 bits per heavy atom. The zero-order valence-corrected chi connectivity index (χ0v) is 11.7. The Morgan fingerprint density at radius 2 is 1.85 bits per heavy atom. The van der Waals surface area contributed by atoms with Crippen molar-refractivity contribution in [3.8, 4) is 0 Å². The lowest BCUT2D eigenvalue weighted by Crippen LogP contribution is -2.37. The minimum Gasteiger partial charge on any atom is -0.356 e. The van der Waals surface area contributed by atoms with E-state index in [2.05, 4.69) is 10.3 Å². The number of amides is 1. The second-order valence-electron chi connectivity index (χ2n) is 4.69. The van der Waals surface area contributed by atoms with Crippen molar-refractivity contribution < 1.29 is 4.79 Å². The Morgan fingerprint density at radius 3 is 2.35 bits per heavy atom. The summed E-state index contributed by atoms with van der Waals surface area (Å²) < 4.78 is 4.04. The lowest BCUT2D eigenvalue weighted by Gasteiger charge is -2.02. The minimum absolute atomic E-state index is 0.204. The number of hydrogen-bond donors (Lipinski definition) is 1. The first-order chi connectivity index (χ1) is 9.43. The molecule has 0 bridgehead atoms. The molecule has 0 radical (unpaired) electrons. The van der Waals surface area contributed by atoms with Gasteiger partial charge in [-0.25, -0.2) is 9.78 Å². The third kappa shape index (κ3) is 2.36. The number of hydrogen-bond acceptors (Lipinski definition) is 4. The fraction of sp³-hybridized carbons (Fsp3) is 0.500. The van der Waals surface area contributed by atoms with Gasteiger partial charge in [0.1, 0.15) is 0 Å². The molecule has 108 valence electrons. The number of aromatic nitrogens is 4. The van der Waals surface area contributed by atoms with E-state index < -0.39 is 0 Å². The third-order valence-electron chi connectivity index (χ3n) is 3.22. The largest absolute Gasteiger partial charge is 0.356 e. The van der Waals surface area contributed by atoms with E-state index in [1.165, 1.54) is 17.9 Å². The number of fused-ring (bicyclic) bond motifs is 1. The Labute approximate surface area is 114 Å². The van der Waals surface area contributed by atoms with Gasteiger partial charge in [-0.1, -0.05) is 0 Å². The van der Waals surface area contributed by atoms with Crippen LogP contribution in [-0.4, -0.2) is 31.1 Å². The average molecular weight is 279 g/mol. The molecule has 0 atom stereocenters. The summed E-state index contributed by atoms with van der Waals surface area (Å²) in [6.07, 6.45) is 3.28. The molecular weight excluding hydrogens is 262 g/mol. The van der Waals surface area contributed by atoms with Crippen molar-refractivity contribution in [1.29, 1.82) is 0 Å². The minimum atomic E-state index is -0.360. The molecule has 2 aromatic heterocycles. The molecule has 1 amide bonds. The molecule has 0 aliphatic carbocycles. The fourth-order valence-electron chi connectivity index (χ4n) is 2.04. The number of carbonyl (C=O) groups is 1. The highest BCUT2D eigenvalue weighted by Crippen LogP contribution is 2.01. The summed E-state index contributed by atoms with van der Waals surface area (Å²) >= 11 is 0. The predicted molar refractivity (Wildman–Crippen MR) is 73.4 cm³/mol. The van der Waals surface area contributed by atoms with E-state index in [4.69, 9.17) is 0 Å². The van der Waals surface area contributed by atoms with Gasteiger partial charge in [0.25, 0.3) is 5.56 Å². The quantitative estimate of drug-likeness (QED) is 0.660. The number of imidazole rings is 1. The van der Waals surface area contributed by atoms with Gasteiger partial charge in [0.2, 0.25) is 5.91 Å². The van der Waals surface area contributed by atoms with Crippen molar-refractivity contribution in [3.63, 3.8) is 0 Å². The maximum Gasteiger partial charge on any atom is 0.332 e. The molecule has 1 aliphatic rings. The van der Waals surface area contributed by atoms with Crippen LogP contribution in [0.2, 0.25) is 0 Å². The second-order valence-corrected chi connectivity index (χ2v) is 4.69. The summed E-state index contributed by atoms with van der Waals surface area (Å²) in [4.78, 5) is 37.3. The zero-order valence-electron chi connectivity index (χ0n) is 11.7. The molecule has 8 heteroatoms. The molecule has 0 aromatic carbocycles. The van der Waals surface area contributed by atoms with Crippen molar-refractivity contribution in [2.24, 2.45) is 21.1 Å². The molecule has 1 aliphatic heterocycles. The Kier molecular flexibility index (Phi) is 3.73. The van der Waals surface area contributed by atoms with Crippen LogP contribution in [0.4, 0.5) is 0 Å². The molecule has 2 aromatic rings. The molecule has 0 unspecified atom stereocenters. The molecule has 3 rings (SSSR count). The summed E-state index contributed by atoms with van der Waals surface area (Å²) in [5.41, 5.74) is 0.180. The first-order valence-electron chi connectivity index (χ1n) is 6.27. The van der Waals surface area contributed by atoms with Crippen LogP contribution in [0.1, 0.15) is 12.8 Å². The van der Waals surface area contributed by atoms with Crippen molar-refractivity contribution >= 4 is 17.1 Å². The van der Waals surface area contributed by atoms with Gasteiger partial charge in [0.15, 0.2) is 11.2 Å². The fourth-order valence-corrected chi connectivity index (χ4v) is 2.04. The van der Waals surface area contributed by atoms with E-state index in [0.717, 1.165) is 24.0 Å². The van der Waals surface area contributed by atoms with E-state index >= 15 is 0 Å². The first-order valence-corrected chi connectivity index (χ1v) is 6.27. The number of aryl methyl sites for hydroxylation is 2. The topological polar surface area (TPSA) is 90.9 Å². The standard InChI is InChI=1S/C8H10N4O2.C4H7NO/c1-10-4-9-6-5(10)7(13)12(3)8(14)11(6)2;6-4-2-1-3-5-4/h4H,1-3H3;1-3H2,(H,5,6). The summed E-state index contributed by atoms with van der Waals surface area (Å²) in [7, 11) is 4.77. The van der Waals surface area contributed by atoms with Gasteiger partial charge in [-0.05, 0) is 6.42 Å². The highest BCUT2D eigenvalue weighted by atomic mass is 16.2. The van der Waals surface area contributed by atoms with Crippen LogP contribution < -0.4 is 16.6 Å². The maximum atomic E-state index is 11.7. The van der Waals surface area contributed by atoms with Crippen LogP contribution >= 0.6 is 0 Å². The van der Waals surface area contributed by atoms with Crippen LogP contribution in [0.15, 0.2) is 15.9 Å². The molecule has 1 N–H and O–H groups in total. The number of carbonyl (C=O) groups excluding carboxylic acids is 1. The summed E-state index contributed by atoms with van der Waals surface area (Å²) in [6, 6.07) is 0. The molecule has 0 spiro atoms. The Hall–Kier alpha value is -2.38. The molecule has 1 fully saturated rings. The van der Waals surface area contributed by atoms with Crippen molar-refractivity contribution in [2.45, 2.75) is 12.8 Å². The van der Waals surface area contributed by atoms with Crippen LogP contribution in [-0.2, 0) is 25.9 Å². The van der Waals surface area contributed by atoms with Crippen LogP contribution in [0.25, 0.3) is 11.2 Å². The molecular formula is C12H17N5O3. The summed E-state index contributed by atoms with van der Waals surface area (Å²) in [5, 5.41) is 2.68. The molecule has 1 saturated heterocycles. The lowest BCUT2D eigenvalue weighted by molar-refractivity contribution is -0.119. The van der Waals surface area contributed by atoms with Crippen LogP contribution in [0, 0.1) is 0 Å². The monoisotopic (exact) mass is 279 g/mol. The van der Waals surface area contributed by atoms with Gasteiger partial charge in [-0.2, -0.15) is 0 Å². The second kappa shape index (κ2) is 5.32. The van der Waals surface area contributed by atoms with Gasteiger partial charge in [0, 0.05) is 34.1 Å². The van der Waals surface area contributed by atoms with Gasteiger partial charge in [-0.3, -0.25) is 18.7 Å². The van der Waals surface area contributed by atoms with Gasteiger partial charge < -0.3 is 9.88 Å². The van der Waals surface area contributed by atoms with Gasteiger partial charge >= 0.3 is 5.69 Å². The van der Waals surface area contributed by atoms with E-state index in [1.807, 2.05) is 0 Å². The summed E-state index contributed by atoms with van der Waals surface area (Å²) in [5.74, 6) is 0.204. The van der Waals surface area contributed by atoms with Crippen LogP contribution in [0.5, 0.6) is 0 Å². The van der Waals surface area contributed by atoms with E-state index in [0.29, 0.717) is 11.2 Å². The Bertz CT molecular complexity index is 760. The Balaban J connectivity index is 0.000000205. The van der Waals surface area contributed by atoms with Gasteiger partial charge in [-0.15, -0.1) is 0 Å². The SMILES string of the molecule is Cn1c(=O)c2c(ncn2C)n(C)c1=O.O=C1CCCN1. The highest BCUT2D eigenvalue weighted by Gasteiger charge is 2.11. The first kappa shape index (κ1) is 14.0. The maximum absolute atomic E-state index is 11.7. The molecule has 8 nitrogen and oxygen atoms in total. The smallest absolute Gasteiger partial charge is 0.332 e. The van der Waals surface area contributed by atoms with E-state index in [1.54, 1.807) is 18.7 Å². The highest BCUT2D eigenvalue weighted by molar-refractivity contribution is 5.77. The summed E-state index contributed by atoms with van der Waals surface area (Å²) in [6.45, 7) is 0.888. The van der Waals surface area contributed by atoms with Crippen molar-refractivity contribution in [3.05, 3.63) is 27.2 Å². The van der Waals surface area contributed by atoms with Crippen molar-refractivity contribution in [2.75, 3.05) is 6.54 Å². The normalized spacial score (nSPS) is 14.1. The average Bonchev–Trinajstić information content (AvgIpc) is 3.04. The number of nitrogens with one attached hydrogen (secondary N) is 1. The predicted octanol–water partition coefficient (Wildman–Crippen LogP) is -1.13. The lowest BCUT2D eigenvalue weighted by atomic mass is 10.4. The van der Waals surface area contributed by atoms with Crippen LogP contribution in [0.3, 0.4) is 0 Å².